The van der Waals surface area contributed by atoms with E-state index in [4.69, 9.17) is 8.83 Å². The number of hydrogen-bond donors (Lipinski definition) is 0. The maximum atomic E-state index is 6.70. The number of hydrogen-bond acceptors (Lipinski definition) is 2. The summed E-state index contributed by atoms with van der Waals surface area (Å²) in [4.78, 5) is 0. The van der Waals surface area contributed by atoms with Crippen molar-refractivity contribution in [3.05, 3.63) is 181 Å². The fraction of sp³-hybridized carbons (Fsp3) is 0.0909. The molecule has 0 N–H and O–H groups in total. The minimum atomic E-state index is 0.0759. The molecule has 2 aliphatic carbocycles. The quantitative estimate of drug-likeness (QED) is 0.169. The van der Waals surface area contributed by atoms with Crippen molar-refractivity contribution in [2.75, 3.05) is 0 Å². The van der Waals surface area contributed by atoms with Gasteiger partial charge in [-0.25, -0.2) is 0 Å². The van der Waals surface area contributed by atoms with Crippen LogP contribution in [0.3, 0.4) is 0 Å². The van der Waals surface area contributed by atoms with E-state index in [9.17, 15) is 0 Å². The van der Waals surface area contributed by atoms with Gasteiger partial charge in [0.2, 0.25) is 0 Å². The second kappa shape index (κ2) is 11.6. The fourth-order valence-electron chi connectivity index (χ4n) is 11.1. The van der Waals surface area contributed by atoms with Gasteiger partial charge in [-0.1, -0.05) is 165 Å². The maximum Gasteiger partial charge on any atom is 0.143 e. The lowest BCUT2D eigenvalue weighted by Crippen LogP contribution is -2.20. The molecule has 0 bridgehead atoms. The van der Waals surface area contributed by atoms with Gasteiger partial charge < -0.3 is 8.83 Å². The van der Waals surface area contributed by atoms with Gasteiger partial charge >= 0.3 is 0 Å². The summed E-state index contributed by atoms with van der Waals surface area (Å²) >= 11 is 0. The lowest BCUT2D eigenvalue weighted by atomic mass is 9.76. The first-order chi connectivity index (χ1) is 28.3. The van der Waals surface area contributed by atoms with Crippen LogP contribution >= 0.6 is 0 Å². The Morgan fingerprint density at radius 1 is 0.316 bits per heavy atom. The predicted octanol–water partition coefficient (Wildman–Crippen LogP) is 15.6. The van der Waals surface area contributed by atoms with Crippen LogP contribution < -0.4 is 0 Å². The van der Waals surface area contributed by atoms with E-state index < -0.39 is 0 Å². The van der Waals surface area contributed by atoms with E-state index in [0.717, 1.165) is 66.1 Å². The van der Waals surface area contributed by atoms with Gasteiger partial charge in [0.15, 0.2) is 0 Å². The molecule has 268 valence electrons. The number of rotatable bonds is 3. The van der Waals surface area contributed by atoms with Gasteiger partial charge in [-0.3, -0.25) is 0 Å². The Morgan fingerprint density at radius 3 is 1.37 bits per heavy atom. The zero-order chi connectivity index (χ0) is 37.2. The molecule has 57 heavy (non-hydrogen) atoms. The number of fused-ring (bicyclic) bond motifs is 13. The number of furan rings is 2. The summed E-state index contributed by atoms with van der Waals surface area (Å²) in [5.41, 5.74) is 16.6. The van der Waals surface area contributed by atoms with Crippen molar-refractivity contribution in [3.8, 4) is 44.5 Å². The van der Waals surface area contributed by atoms with Crippen molar-refractivity contribution < 1.29 is 8.83 Å². The third-order valence-electron chi connectivity index (χ3n) is 13.4. The SMILES string of the molecule is c1ccc2c(c1)-c1c(-c3c4cccc(-c5cccc6c5oc5ccccc56)c4cc4c(-c5cccc6c5oc5ccccc56)cccc34)cccc1C21CCCC1. The maximum absolute atomic E-state index is 6.70. The Hall–Kier alpha value is -6.90. The molecule has 2 heterocycles. The monoisotopic (exact) mass is 728 g/mol. The van der Waals surface area contributed by atoms with Crippen LogP contribution in [-0.2, 0) is 5.41 Å². The van der Waals surface area contributed by atoms with Crippen LogP contribution in [0.15, 0.2) is 179 Å². The molecular weight excluding hydrogens is 693 g/mol. The van der Waals surface area contributed by atoms with E-state index in [-0.39, 0.29) is 5.41 Å². The Bertz CT molecular complexity index is 3310. The lowest BCUT2D eigenvalue weighted by Gasteiger charge is -2.27. The first kappa shape index (κ1) is 31.3. The minimum Gasteiger partial charge on any atom is -0.455 e. The molecular formula is C55H36O2. The summed E-state index contributed by atoms with van der Waals surface area (Å²) < 4.78 is 13.4. The first-order valence-corrected chi connectivity index (χ1v) is 20.3. The molecule has 9 aromatic carbocycles. The van der Waals surface area contributed by atoms with E-state index >= 15 is 0 Å². The molecule has 13 rings (SSSR count). The van der Waals surface area contributed by atoms with Crippen LogP contribution in [0, 0.1) is 0 Å². The van der Waals surface area contributed by atoms with Crippen LogP contribution in [0.4, 0.5) is 0 Å². The Morgan fingerprint density at radius 2 is 0.754 bits per heavy atom. The van der Waals surface area contributed by atoms with Crippen molar-refractivity contribution >= 4 is 65.4 Å². The average molecular weight is 729 g/mol. The van der Waals surface area contributed by atoms with Crippen LogP contribution in [0.2, 0.25) is 0 Å². The summed E-state index contributed by atoms with van der Waals surface area (Å²) in [5.74, 6) is 0. The molecule has 0 aliphatic heterocycles. The predicted molar refractivity (Wildman–Crippen MR) is 237 cm³/mol. The van der Waals surface area contributed by atoms with Crippen molar-refractivity contribution in [1.29, 1.82) is 0 Å². The molecule has 1 fully saturated rings. The van der Waals surface area contributed by atoms with Crippen LogP contribution in [0.25, 0.3) is 110 Å². The van der Waals surface area contributed by atoms with Crippen molar-refractivity contribution in [2.45, 2.75) is 31.1 Å². The highest BCUT2D eigenvalue weighted by Gasteiger charge is 2.45. The number of benzene rings is 9. The summed E-state index contributed by atoms with van der Waals surface area (Å²) in [5, 5.41) is 9.45. The second-order valence-electron chi connectivity index (χ2n) is 16.2. The highest BCUT2D eigenvalue weighted by molar-refractivity contribution is 6.23. The molecule has 1 spiro atoms. The smallest absolute Gasteiger partial charge is 0.143 e. The number of para-hydroxylation sites is 4. The standard InChI is InChI=1S/C55H36O2/c1-4-26-47-43(16-1)52-44(25-13-27-48(52)55(47)30-7-8-31-55)51-37-19-9-17-33(39-21-11-23-41-35-14-2-5-28-49(35)56-53(39)41)45(37)32-46-34(18-10-20-38(46)51)40-22-12-24-42-36-15-3-6-29-50(36)57-54(40)42/h1-6,9-29,32H,7-8,30-31H2. The van der Waals surface area contributed by atoms with E-state index in [0.29, 0.717) is 0 Å². The zero-order valence-electron chi connectivity index (χ0n) is 31.3. The van der Waals surface area contributed by atoms with E-state index in [1.165, 1.54) is 80.6 Å². The molecule has 0 atom stereocenters. The van der Waals surface area contributed by atoms with Crippen LogP contribution in [0.1, 0.15) is 36.8 Å². The molecule has 2 nitrogen and oxygen atoms in total. The Labute approximate surface area is 329 Å². The Balaban J connectivity index is 1.18. The van der Waals surface area contributed by atoms with Crippen molar-refractivity contribution in [1.82, 2.24) is 0 Å². The van der Waals surface area contributed by atoms with E-state index in [2.05, 4.69) is 170 Å². The zero-order valence-corrected chi connectivity index (χ0v) is 31.3. The van der Waals surface area contributed by atoms with Crippen LogP contribution in [-0.4, -0.2) is 0 Å². The van der Waals surface area contributed by atoms with Gasteiger partial charge in [0.1, 0.15) is 22.3 Å². The molecule has 0 unspecified atom stereocenters. The van der Waals surface area contributed by atoms with Gasteiger partial charge in [-0.05, 0) is 97.1 Å². The lowest BCUT2D eigenvalue weighted by molar-refractivity contribution is 0.550. The third kappa shape index (κ3) is 4.20. The molecule has 2 aromatic heterocycles. The largest absolute Gasteiger partial charge is 0.455 e. The summed E-state index contributed by atoms with van der Waals surface area (Å²) in [6.07, 6.45) is 4.94. The van der Waals surface area contributed by atoms with Crippen molar-refractivity contribution in [2.24, 2.45) is 0 Å². The van der Waals surface area contributed by atoms with Gasteiger partial charge in [-0.15, -0.1) is 0 Å². The molecule has 0 radical (unpaired) electrons. The van der Waals surface area contributed by atoms with E-state index in [1.807, 2.05) is 0 Å². The van der Waals surface area contributed by atoms with E-state index in [1.54, 1.807) is 0 Å². The summed E-state index contributed by atoms with van der Waals surface area (Å²) in [7, 11) is 0. The highest BCUT2D eigenvalue weighted by Crippen LogP contribution is 2.60. The molecule has 2 aliphatic rings. The summed E-state index contributed by atoms with van der Waals surface area (Å²) in [6, 6.07) is 62.5. The highest BCUT2D eigenvalue weighted by atomic mass is 16.3. The molecule has 2 heteroatoms. The minimum absolute atomic E-state index is 0.0759. The van der Waals surface area contributed by atoms with Gasteiger partial charge in [-0.2, -0.15) is 0 Å². The molecule has 0 amide bonds. The second-order valence-corrected chi connectivity index (χ2v) is 16.2. The summed E-state index contributed by atoms with van der Waals surface area (Å²) in [6.45, 7) is 0. The third-order valence-corrected chi connectivity index (χ3v) is 13.4. The topological polar surface area (TPSA) is 26.3 Å². The first-order valence-electron chi connectivity index (χ1n) is 20.3. The van der Waals surface area contributed by atoms with Gasteiger partial charge in [0.05, 0.1) is 0 Å². The normalized spacial score (nSPS) is 14.5. The van der Waals surface area contributed by atoms with Crippen LogP contribution in [0.5, 0.6) is 0 Å². The Kier molecular flexibility index (Phi) is 6.36. The molecule has 1 saturated carbocycles. The fourth-order valence-corrected chi connectivity index (χ4v) is 11.1. The van der Waals surface area contributed by atoms with Crippen molar-refractivity contribution in [3.63, 3.8) is 0 Å². The van der Waals surface area contributed by atoms with Gasteiger partial charge in [0.25, 0.3) is 0 Å². The average Bonchev–Trinajstić information content (AvgIpc) is 4.06. The molecule has 0 saturated heterocycles. The van der Waals surface area contributed by atoms with Gasteiger partial charge in [0, 0.05) is 38.1 Å². The molecule has 11 aromatic rings.